The smallest absolute Gasteiger partial charge is 0.221 e. The standard InChI is InChI=1S/C25H24N4OS2/c30-22(26-23(21-12-7-16-31-21)18-8-3-1-4-9-18)15-17-32-25-28-27-24(19-13-14-19)29(25)20-10-5-2-6-11-20/h1-12,16,19,23H,13-15,17H2,(H,26,30). The molecule has 1 amide bonds. The van der Waals surface area contributed by atoms with Crippen LogP contribution >= 0.6 is 23.1 Å². The molecule has 1 aliphatic rings. The third-order valence-electron chi connectivity index (χ3n) is 5.44. The van der Waals surface area contributed by atoms with Crippen molar-refractivity contribution in [2.24, 2.45) is 0 Å². The normalized spacial score (nSPS) is 14.2. The number of thioether (sulfide) groups is 1. The molecule has 0 saturated heterocycles. The van der Waals surface area contributed by atoms with E-state index < -0.39 is 0 Å². The van der Waals surface area contributed by atoms with E-state index in [1.807, 2.05) is 47.8 Å². The van der Waals surface area contributed by atoms with Crippen molar-refractivity contribution in [3.05, 3.63) is 94.4 Å². The van der Waals surface area contributed by atoms with Crippen molar-refractivity contribution in [1.29, 1.82) is 0 Å². The predicted molar refractivity (Wildman–Crippen MR) is 129 cm³/mol. The number of para-hydroxylation sites is 1. The Labute approximate surface area is 195 Å². The fourth-order valence-electron chi connectivity index (χ4n) is 3.69. The first-order chi connectivity index (χ1) is 15.8. The molecule has 1 aliphatic carbocycles. The van der Waals surface area contributed by atoms with Gasteiger partial charge in [-0.2, -0.15) is 0 Å². The van der Waals surface area contributed by atoms with Crippen LogP contribution in [0.2, 0.25) is 0 Å². The first-order valence-corrected chi connectivity index (χ1v) is 12.7. The van der Waals surface area contributed by atoms with Gasteiger partial charge in [0, 0.05) is 28.7 Å². The SMILES string of the molecule is O=C(CCSc1nnc(C2CC2)n1-c1ccccc1)NC(c1ccccc1)c1cccs1. The van der Waals surface area contributed by atoms with Crippen molar-refractivity contribution in [1.82, 2.24) is 20.1 Å². The molecule has 32 heavy (non-hydrogen) atoms. The topological polar surface area (TPSA) is 59.8 Å². The van der Waals surface area contributed by atoms with E-state index in [4.69, 9.17) is 0 Å². The van der Waals surface area contributed by atoms with E-state index in [9.17, 15) is 4.79 Å². The van der Waals surface area contributed by atoms with Gasteiger partial charge in [0.15, 0.2) is 5.16 Å². The maximum Gasteiger partial charge on any atom is 0.221 e. The number of hydrogen-bond donors (Lipinski definition) is 1. The third-order valence-corrected chi connectivity index (χ3v) is 7.31. The van der Waals surface area contributed by atoms with E-state index in [0.717, 1.165) is 27.1 Å². The maximum absolute atomic E-state index is 12.8. The quantitative estimate of drug-likeness (QED) is 0.331. The van der Waals surface area contributed by atoms with Gasteiger partial charge in [-0.3, -0.25) is 9.36 Å². The van der Waals surface area contributed by atoms with Gasteiger partial charge in [0.1, 0.15) is 5.82 Å². The van der Waals surface area contributed by atoms with Gasteiger partial charge in [-0.15, -0.1) is 21.5 Å². The summed E-state index contributed by atoms with van der Waals surface area (Å²) in [5.74, 6) is 2.21. The number of hydrogen-bond acceptors (Lipinski definition) is 5. The predicted octanol–water partition coefficient (Wildman–Crippen LogP) is 5.59. The zero-order chi connectivity index (χ0) is 21.8. The highest BCUT2D eigenvalue weighted by Gasteiger charge is 2.31. The molecule has 2 aromatic carbocycles. The molecule has 162 valence electrons. The number of carbonyl (C=O) groups excluding carboxylic acids is 1. The molecular formula is C25H24N4OS2. The van der Waals surface area contributed by atoms with Crippen LogP contribution < -0.4 is 5.32 Å². The fraction of sp³-hybridized carbons (Fsp3) is 0.240. The Morgan fingerprint density at radius 3 is 2.47 bits per heavy atom. The fourth-order valence-corrected chi connectivity index (χ4v) is 5.39. The number of aromatic nitrogens is 3. The van der Waals surface area contributed by atoms with Crippen molar-refractivity contribution in [2.75, 3.05) is 5.75 Å². The summed E-state index contributed by atoms with van der Waals surface area (Å²) >= 11 is 3.25. The monoisotopic (exact) mass is 460 g/mol. The zero-order valence-electron chi connectivity index (χ0n) is 17.6. The highest BCUT2D eigenvalue weighted by molar-refractivity contribution is 7.99. The van der Waals surface area contributed by atoms with Gasteiger partial charge in [-0.1, -0.05) is 66.4 Å². The molecule has 5 nitrogen and oxygen atoms in total. The van der Waals surface area contributed by atoms with Crippen LogP contribution in [0.25, 0.3) is 5.69 Å². The van der Waals surface area contributed by atoms with Gasteiger partial charge < -0.3 is 5.32 Å². The largest absolute Gasteiger partial charge is 0.344 e. The molecule has 1 fully saturated rings. The minimum Gasteiger partial charge on any atom is -0.344 e. The second-order valence-corrected chi connectivity index (χ2v) is 9.85. The molecule has 7 heteroatoms. The van der Waals surface area contributed by atoms with Crippen molar-refractivity contribution in [3.63, 3.8) is 0 Å². The number of amides is 1. The average molecular weight is 461 g/mol. The van der Waals surface area contributed by atoms with Crippen molar-refractivity contribution >= 4 is 29.0 Å². The summed E-state index contributed by atoms with van der Waals surface area (Å²) in [5.41, 5.74) is 2.17. The van der Waals surface area contributed by atoms with Crippen LogP contribution in [0.15, 0.2) is 83.3 Å². The van der Waals surface area contributed by atoms with Crippen molar-refractivity contribution in [3.8, 4) is 5.69 Å². The van der Waals surface area contributed by atoms with E-state index in [1.54, 1.807) is 23.1 Å². The highest BCUT2D eigenvalue weighted by Crippen LogP contribution is 2.41. The van der Waals surface area contributed by atoms with Crippen LogP contribution in [0.5, 0.6) is 0 Å². The van der Waals surface area contributed by atoms with Gasteiger partial charge in [0.2, 0.25) is 5.91 Å². The van der Waals surface area contributed by atoms with Crippen LogP contribution in [0.1, 0.15) is 47.5 Å². The first-order valence-electron chi connectivity index (χ1n) is 10.8. The van der Waals surface area contributed by atoms with E-state index in [0.29, 0.717) is 18.1 Å². The van der Waals surface area contributed by atoms with Crippen LogP contribution in [-0.2, 0) is 4.79 Å². The van der Waals surface area contributed by atoms with E-state index in [1.165, 1.54) is 12.8 Å². The molecule has 0 spiro atoms. The number of thiophene rings is 1. The molecule has 5 rings (SSSR count). The van der Waals surface area contributed by atoms with Crippen molar-refractivity contribution < 1.29 is 4.79 Å². The molecule has 0 bridgehead atoms. The summed E-state index contributed by atoms with van der Waals surface area (Å²) in [7, 11) is 0. The summed E-state index contributed by atoms with van der Waals surface area (Å²) in [5, 5.41) is 15.0. The summed E-state index contributed by atoms with van der Waals surface area (Å²) < 4.78 is 2.15. The molecule has 4 aromatic rings. The summed E-state index contributed by atoms with van der Waals surface area (Å²) in [6.45, 7) is 0. The van der Waals surface area contributed by atoms with Crippen LogP contribution in [0.4, 0.5) is 0 Å². The Bertz CT molecular complexity index is 1160. The van der Waals surface area contributed by atoms with E-state index >= 15 is 0 Å². The highest BCUT2D eigenvalue weighted by atomic mass is 32.2. The van der Waals surface area contributed by atoms with Gasteiger partial charge in [0.25, 0.3) is 0 Å². The number of rotatable bonds is 9. The summed E-state index contributed by atoms with van der Waals surface area (Å²) in [6.07, 6.45) is 2.75. The second kappa shape index (κ2) is 9.71. The lowest BCUT2D eigenvalue weighted by molar-refractivity contribution is -0.121. The first kappa shape index (κ1) is 21.0. The second-order valence-electron chi connectivity index (χ2n) is 7.81. The van der Waals surface area contributed by atoms with Crippen molar-refractivity contribution in [2.45, 2.75) is 36.4 Å². The molecular weight excluding hydrogens is 436 g/mol. The van der Waals surface area contributed by atoms with Gasteiger partial charge in [0.05, 0.1) is 6.04 Å². The molecule has 0 aliphatic heterocycles. The molecule has 1 saturated carbocycles. The Balaban J connectivity index is 1.25. The summed E-state index contributed by atoms with van der Waals surface area (Å²) in [6, 6.07) is 24.3. The van der Waals surface area contributed by atoms with Crippen LogP contribution in [0.3, 0.4) is 0 Å². The number of nitrogens with zero attached hydrogens (tertiary/aromatic N) is 3. The lowest BCUT2D eigenvalue weighted by Gasteiger charge is -2.18. The van der Waals surface area contributed by atoms with Gasteiger partial charge >= 0.3 is 0 Å². The minimum atomic E-state index is -0.122. The molecule has 1 atom stereocenters. The third kappa shape index (κ3) is 4.79. The molecule has 0 radical (unpaired) electrons. The summed E-state index contributed by atoms with van der Waals surface area (Å²) in [4.78, 5) is 14.0. The Hall–Kier alpha value is -2.90. The molecule has 2 aromatic heterocycles. The molecule has 1 N–H and O–H groups in total. The minimum absolute atomic E-state index is 0.0351. The Morgan fingerprint density at radius 2 is 1.78 bits per heavy atom. The molecule has 2 heterocycles. The van der Waals surface area contributed by atoms with Crippen LogP contribution in [0, 0.1) is 0 Å². The number of benzene rings is 2. The lowest BCUT2D eigenvalue weighted by atomic mass is 10.1. The number of carbonyl (C=O) groups is 1. The van der Waals surface area contributed by atoms with E-state index in [-0.39, 0.29) is 11.9 Å². The average Bonchev–Trinajstić information content (AvgIpc) is 3.36. The maximum atomic E-state index is 12.8. The van der Waals surface area contributed by atoms with E-state index in [2.05, 4.69) is 50.4 Å². The van der Waals surface area contributed by atoms with Gasteiger partial charge in [-0.25, -0.2) is 0 Å². The van der Waals surface area contributed by atoms with Crippen LogP contribution in [-0.4, -0.2) is 26.4 Å². The Morgan fingerprint density at radius 1 is 1.03 bits per heavy atom. The van der Waals surface area contributed by atoms with Gasteiger partial charge in [-0.05, 0) is 42.0 Å². The lowest BCUT2D eigenvalue weighted by Crippen LogP contribution is -2.29. The molecule has 1 unspecified atom stereocenters. The Kier molecular flexibility index (Phi) is 6.36. The zero-order valence-corrected chi connectivity index (χ0v) is 19.2. The number of nitrogens with one attached hydrogen (secondary N) is 1.